The summed E-state index contributed by atoms with van der Waals surface area (Å²) >= 11 is 0. The molecule has 1 amide bonds. The van der Waals surface area contributed by atoms with Gasteiger partial charge in [-0.05, 0) is 31.0 Å². The zero-order valence-electron chi connectivity index (χ0n) is 8.87. The van der Waals surface area contributed by atoms with Gasteiger partial charge in [0.1, 0.15) is 11.4 Å². The predicted molar refractivity (Wildman–Crippen MR) is 57.9 cm³/mol. The van der Waals surface area contributed by atoms with E-state index in [1.54, 1.807) is 0 Å². The number of aliphatic carboxylic acids is 1. The molecule has 5 nitrogen and oxygen atoms in total. The average molecular weight is 238 g/mol. The lowest BCUT2D eigenvalue weighted by Crippen LogP contribution is -2.43. The zero-order valence-corrected chi connectivity index (χ0v) is 8.87. The van der Waals surface area contributed by atoms with E-state index in [0.29, 0.717) is 12.8 Å². The standard InChI is InChI=1S/C11H11FN2O3/c12-8-5-6(13)1-2-7(8)9(15)14-11(3-4-11)10(16)17/h1-2,5H,3-4,13H2,(H,14,15)(H,16,17). The highest BCUT2D eigenvalue weighted by atomic mass is 19.1. The number of benzene rings is 1. The van der Waals surface area contributed by atoms with Crippen LogP contribution >= 0.6 is 0 Å². The Morgan fingerprint density at radius 3 is 2.53 bits per heavy atom. The second-order valence-electron chi connectivity index (χ2n) is 4.08. The van der Waals surface area contributed by atoms with Gasteiger partial charge in [-0.2, -0.15) is 0 Å². The molecule has 17 heavy (non-hydrogen) atoms. The van der Waals surface area contributed by atoms with E-state index in [9.17, 15) is 14.0 Å². The molecule has 0 radical (unpaired) electrons. The van der Waals surface area contributed by atoms with Crippen molar-refractivity contribution in [3.05, 3.63) is 29.6 Å². The Hall–Kier alpha value is -2.11. The lowest BCUT2D eigenvalue weighted by molar-refractivity contribution is -0.140. The van der Waals surface area contributed by atoms with E-state index in [1.807, 2.05) is 0 Å². The fourth-order valence-electron chi connectivity index (χ4n) is 1.52. The molecule has 0 spiro atoms. The maximum absolute atomic E-state index is 13.4. The summed E-state index contributed by atoms with van der Waals surface area (Å²) in [6.45, 7) is 0. The van der Waals surface area contributed by atoms with E-state index in [0.717, 1.165) is 6.07 Å². The van der Waals surface area contributed by atoms with Crippen LogP contribution < -0.4 is 11.1 Å². The van der Waals surface area contributed by atoms with Crippen LogP contribution in [-0.2, 0) is 4.79 Å². The Kier molecular flexibility index (Phi) is 2.49. The Balaban J connectivity index is 2.18. The number of rotatable bonds is 3. The minimum atomic E-state index is -1.22. The normalized spacial score (nSPS) is 16.3. The maximum Gasteiger partial charge on any atom is 0.329 e. The minimum absolute atomic E-state index is 0.202. The number of carboxylic acids is 1. The highest BCUT2D eigenvalue weighted by Gasteiger charge is 2.51. The number of carbonyl (C=O) groups is 2. The Labute approximate surface area is 96.4 Å². The molecular weight excluding hydrogens is 227 g/mol. The summed E-state index contributed by atoms with van der Waals surface area (Å²) in [5, 5.41) is 11.2. The van der Waals surface area contributed by atoms with E-state index >= 15 is 0 Å². The van der Waals surface area contributed by atoms with Crippen molar-refractivity contribution >= 4 is 17.6 Å². The van der Waals surface area contributed by atoms with Crippen molar-refractivity contribution in [2.45, 2.75) is 18.4 Å². The van der Waals surface area contributed by atoms with Crippen LogP contribution in [0.2, 0.25) is 0 Å². The number of carboxylic acid groups (broad SMARTS) is 1. The number of anilines is 1. The molecule has 0 heterocycles. The summed E-state index contributed by atoms with van der Waals surface area (Å²) in [7, 11) is 0. The highest BCUT2D eigenvalue weighted by molar-refractivity contribution is 5.99. The van der Waals surface area contributed by atoms with Gasteiger partial charge in [-0.15, -0.1) is 0 Å². The van der Waals surface area contributed by atoms with Gasteiger partial charge in [-0.3, -0.25) is 4.79 Å². The van der Waals surface area contributed by atoms with Gasteiger partial charge in [-0.1, -0.05) is 0 Å². The van der Waals surface area contributed by atoms with E-state index in [-0.39, 0.29) is 11.3 Å². The summed E-state index contributed by atoms with van der Waals surface area (Å²) in [4.78, 5) is 22.5. The molecule has 0 aromatic heterocycles. The molecule has 0 aliphatic heterocycles. The molecule has 1 aliphatic carbocycles. The number of hydrogen-bond donors (Lipinski definition) is 3. The van der Waals surface area contributed by atoms with Gasteiger partial charge in [-0.25, -0.2) is 9.18 Å². The fourth-order valence-corrected chi connectivity index (χ4v) is 1.52. The average Bonchev–Trinajstić information content (AvgIpc) is 2.98. The number of nitrogens with one attached hydrogen (secondary N) is 1. The molecule has 1 saturated carbocycles. The molecule has 1 aromatic carbocycles. The van der Waals surface area contributed by atoms with Crippen LogP contribution in [0.5, 0.6) is 0 Å². The van der Waals surface area contributed by atoms with Gasteiger partial charge in [0.2, 0.25) is 0 Å². The van der Waals surface area contributed by atoms with Crippen molar-refractivity contribution in [2.75, 3.05) is 5.73 Å². The first kappa shape index (κ1) is 11.4. The van der Waals surface area contributed by atoms with Crippen LogP contribution in [0, 0.1) is 5.82 Å². The Bertz CT molecular complexity index is 497. The fraction of sp³-hybridized carbons (Fsp3) is 0.273. The molecule has 6 heteroatoms. The Morgan fingerprint density at radius 2 is 2.06 bits per heavy atom. The summed E-state index contributed by atoms with van der Waals surface area (Å²) in [5.41, 5.74) is 4.14. The third-order valence-corrected chi connectivity index (χ3v) is 2.75. The minimum Gasteiger partial charge on any atom is -0.480 e. The van der Waals surface area contributed by atoms with E-state index in [2.05, 4.69) is 5.32 Å². The maximum atomic E-state index is 13.4. The predicted octanol–water partition coefficient (Wildman–Crippen LogP) is 0.755. The number of carbonyl (C=O) groups excluding carboxylic acids is 1. The van der Waals surface area contributed by atoms with E-state index in [1.165, 1.54) is 12.1 Å². The molecule has 0 bridgehead atoms. The molecule has 0 saturated heterocycles. The summed E-state index contributed by atoms with van der Waals surface area (Å²) in [6, 6.07) is 3.64. The second kappa shape index (κ2) is 3.73. The Morgan fingerprint density at radius 1 is 1.41 bits per heavy atom. The molecule has 2 rings (SSSR count). The molecule has 0 atom stereocenters. The first-order valence-electron chi connectivity index (χ1n) is 5.05. The third kappa shape index (κ3) is 2.06. The van der Waals surface area contributed by atoms with Crippen molar-refractivity contribution in [3.8, 4) is 0 Å². The molecule has 1 aliphatic rings. The molecule has 4 N–H and O–H groups in total. The van der Waals surface area contributed by atoms with Crippen LogP contribution in [0.4, 0.5) is 10.1 Å². The van der Waals surface area contributed by atoms with Gasteiger partial charge in [0.15, 0.2) is 0 Å². The molecule has 0 unspecified atom stereocenters. The third-order valence-electron chi connectivity index (χ3n) is 2.75. The van der Waals surface area contributed by atoms with Crippen molar-refractivity contribution in [1.82, 2.24) is 5.32 Å². The smallest absolute Gasteiger partial charge is 0.329 e. The quantitative estimate of drug-likeness (QED) is 0.677. The molecule has 1 fully saturated rings. The van der Waals surface area contributed by atoms with Crippen molar-refractivity contribution in [2.24, 2.45) is 0 Å². The van der Waals surface area contributed by atoms with Crippen molar-refractivity contribution in [3.63, 3.8) is 0 Å². The van der Waals surface area contributed by atoms with Gasteiger partial charge in [0, 0.05) is 5.69 Å². The molecular formula is C11H11FN2O3. The number of amides is 1. The van der Waals surface area contributed by atoms with Crippen molar-refractivity contribution in [1.29, 1.82) is 0 Å². The summed E-state index contributed by atoms with van der Waals surface area (Å²) < 4.78 is 13.4. The number of nitrogen functional groups attached to an aromatic ring is 1. The monoisotopic (exact) mass is 238 g/mol. The van der Waals surface area contributed by atoms with Crippen LogP contribution in [0.15, 0.2) is 18.2 Å². The highest BCUT2D eigenvalue weighted by Crippen LogP contribution is 2.35. The first-order valence-corrected chi connectivity index (χ1v) is 5.05. The lowest BCUT2D eigenvalue weighted by atomic mass is 10.1. The summed E-state index contributed by atoms with van der Waals surface area (Å²) in [5.74, 6) is -2.59. The largest absolute Gasteiger partial charge is 0.480 e. The topological polar surface area (TPSA) is 92.4 Å². The number of hydrogen-bond acceptors (Lipinski definition) is 3. The SMILES string of the molecule is Nc1ccc(C(=O)NC2(C(=O)O)CC2)c(F)c1. The van der Waals surface area contributed by atoms with Gasteiger partial charge in [0.25, 0.3) is 5.91 Å². The van der Waals surface area contributed by atoms with E-state index < -0.39 is 23.2 Å². The second-order valence-corrected chi connectivity index (χ2v) is 4.08. The van der Waals surface area contributed by atoms with Gasteiger partial charge < -0.3 is 16.2 Å². The van der Waals surface area contributed by atoms with Crippen LogP contribution in [0.25, 0.3) is 0 Å². The molecule has 90 valence electrons. The van der Waals surface area contributed by atoms with Gasteiger partial charge >= 0.3 is 5.97 Å². The number of halogens is 1. The number of nitrogens with two attached hydrogens (primary N) is 1. The van der Waals surface area contributed by atoms with Gasteiger partial charge in [0.05, 0.1) is 5.56 Å². The first-order chi connectivity index (χ1) is 7.94. The summed E-state index contributed by atoms with van der Waals surface area (Å²) in [6.07, 6.45) is 0.731. The zero-order chi connectivity index (χ0) is 12.6. The van der Waals surface area contributed by atoms with Crippen molar-refractivity contribution < 1.29 is 19.1 Å². The lowest BCUT2D eigenvalue weighted by Gasteiger charge is -2.12. The van der Waals surface area contributed by atoms with Crippen LogP contribution in [0.1, 0.15) is 23.2 Å². The van der Waals surface area contributed by atoms with E-state index in [4.69, 9.17) is 10.8 Å². The van der Waals surface area contributed by atoms with Crippen LogP contribution in [0.3, 0.4) is 0 Å². The molecule has 1 aromatic rings. The van der Waals surface area contributed by atoms with Crippen LogP contribution in [-0.4, -0.2) is 22.5 Å².